The Labute approximate surface area is 107 Å². The van der Waals surface area contributed by atoms with E-state index in [1.807, 2.05) is 0 Å². The molecule has 0 saturated heterocycles. The van der Waals surface area contributed by atoms with Crippen LogP contribution in [-0.4, -0.2) is 37.5 Å². The molecule has 1 saturated carbocycles. The van der Waals surface area contributed by atoms with Crippen LogP contribution in [0.2, 0.25) is 0 Å². The van der Waals surface area contributed by atoms with E-state index in [-0.39, 0.29) is 0 Å². The normalized spacial score (nSPS) is 26.1. The molecule has 0 bridgehead atoms. The average Bonchev–Trinajstić information content (AvgIpc) is 2.29. The molecular weight excluding hydrogens is 210 g/mol. The molecule has 3 nitrogen and oxygen atoms in total. The van der Waals surface area contributed by atoms with Crippen molar-refractivity contribution in [3.05, 3.63) is 0 Å². The SMILES string of the molecule is CCN=C(NC1CCC(C(C)C)CC1)N(C)C. The minimum Gasteiger partial charge on any atom is -0.354 e. The fourth-order valence-electron chi connectivity index (χ4n) is 2.58. The molecule has 0 amide bonds. The Morgan fingerprint density at radius 2 is 1.82 bits per heavy atom. The maximum Gasteiger partial charge on any atom is 0.193 e. The van der Waals surface area contributed by atoms with Crippen LogP contribution in [0, 0.1) is 11.8 Å². The largest absolute Gasteiger partial charge is 0.354 e. The predicted molar refractivity (Wildman–Crippen MR) is 75.4 cm³/mol. The second kappa shape index (κ2) is 6.87. The highest BCUT2D eigenvalue weighted by molar-refractivity contribution is 5.79. The molecule has 3 heteroatoms. The highest BCUT2D eigenvalue weighted by Crippen LogP contribution is 2.29. The van der Waals surface area contributed by atoms with Crippen LogP contribution in [0.1, 0.15) is 46.5 Å². The molecular formula is C14H29N3. The molecule has 1 N–H and O–H groups in total. The van der Waals surface area contributed by atoms with Gasteiger partial charge in [-0.1, -0.05) is 13.8 Å². The fraction of sp³-hybridized carbons (Fsp3) is 0.929. The summed E-state index contributed by atoms with van der Waals surface area (Å²) < 4.78 is 0. The summed E-state index contributed by atoms with van der Waals surface area (Å²) in [5, 5.41) is 3.59. The summed E-state index contributed by atoms with van der Waals surface area (Å²) in [6.45, 7) is 7.63. The lowest BCUT2D eigenvalue weighted by Gasteiger charge is -2.33. The zero-order valence-corrected chi connectivity index (χ0v) is 12.2. The highest BCUT2D eigenvalue weighted by Gasteiger charge is 2.23. The molecule has 1 aliphatic rings. The average molecular weight is 239 g/mol. The Hall–Kier alpha value is -0.730. The Morgan fingerprint density at radius 3 is 2.24 bits per heavy atom. The maximum atomic E-state index is 4.50. The van der Waals surface area contributed by atoms with Crippen molar-refractivity contribution in [3.63, 3.8) is 0 Å². The summed E-state index contributed by atoms with van der Waals surface area (Å²) in [5.74, 6) is 2.81. The molecule has 1 rings (SSSR count). The van der Waals surface area contributed by atoms with Gasteiger partial charge in [0.05, 0.1) is 0 Å². The number of rotatable bonds is 3. The molecule has 1 aliphatic carbocycles. The molecule has 0 unspecified atom stereocenters. The quantitative estimate of drug-likeness (QED) is 0.606. The highest BCUT2D eigenvalue weighted by atomic mass is 15.3. The van der Waals surface area contributed by atoms with E-state index in [1.54, 1.807) is 0 Å². The van der Waals surface area contributed by atoms with Crippen LogP contribution in [0.15, 0.2) is 4.99 Å². The van der Waals surface area contributed by atoms with Gasteiger partial charge in [0, 0.05) is 26.7 Å². The summed E-state index contributed by atoms with van der Waals surface area (Å²) in [5.41, 5.74) is 0. The van der Waals surface area contributed by atoms with E-state index in [0.29, 0.717) is 6.04 Å². The zero-order valence-electron chi connectivity index (χ0n) is 12.2. The molecule has 0 aromatic rings. The second-order valence-corrected chi connectivity index (χ2v) is 5.69. The number of guanidine groups is 1. The molecule has 0 spiro atoms. The first-order valence-electron chi connectivity index (χ1n) is 7.02. The van der Waals surface area contributed by atoms with E-state index in [4.69, 9.17) is 0 Å². The zero-order chi connectivity index (χ0) is 12.8. The van der Waals surface area contributed by atoms with Crippen LogP contribution in [0.4, 0.5) is 0 Å². The first kappa shape index (κ1) is 14.3. The summed E-state index contributed by atoms with van der Waals surface area (Å²) in [4.78, 5) is 6.58. The van der Waals surface area contributed by atoms with Crippen LogP contribution >= 0.6 is 0 Å². The smallest absolute Gasteiger partial charge is 0.193 e. The van der Waals surface area contributed by atoms with Gasteiger partial charge in [-0.05, 0) is 44.4 Å². The Kier molecular flexibility index (Phi) is 5.79. The van der Waals surface area contributed by atoms with Gasteiger partial charge in [-0.3, -0.25) is 4.99 Å². The van der Waals surface area contributed by atoms with Gasteiger partial charge in [0.15, 0.2) is 5.96 Å². The molecule has 0 aliphatic heterocycles. The topological polar surface area (TPSA) is 27.6 Å². The van der Waals surface area contributed by atoms with Crippen molar-refractivity contribution in [2.24, 2.45) is 16.8 Å². The van der Waals surface area contributed by atoms with Crippen molar-refractivity contribution in [2.45, 2.75) is 52.5 Å². The third-order valence-corrected chi connectivity index (χ3v) is 3.78. The molecule has 0 heterocycles. The van der Waals surface area contributed by atoms with Crippen molar-refractivity contribution in [1.82, 2.24) is 10.2 Å². The number of nitrogens with one attached hydrogen (secondary N) is 1. The van der Waals surface area contributed by atoms with Gasteiger partial charge in [-0.25, -0.2) is 0 Å². The Bertz CT molecular complexity index is 238. The van der Waals surface area contributed by atoms with Gasteiger partial charge >= 0.3 is 0 Å². The third kappa shape index (κ3) is 4.57. The van der Waals surface area contributed by atoms with Gasteiger partial charge in [0.1, 0.15) is 0 Å². The summed E-state index contributed by atoms with van der Waals surface area (Å²) >= 11 is 0. The van der Waals surface area contributed by atoms with E-state index >= 15 is 0 Å². The first-order chi connectivity index (χ1) is 8.04. The molecule has 0 radical (unpaired) electrons. The lowest BCUT2D eigenvalue weighted by Crippen LogP contribution is -2.44. The van der Waals surface area contributed by atoms with E-state index in [9.17, 15) is 0 Å². The molecule has 100 valence electrons. The van der Waals surface area contributed by atoms with Crippen LogP contribution < -0.4 is 5.32 Å². The minimum atomic E-state index is 0.623. The summed E-state index contributed by atoms with van der Waals surface area (Å²) in [7, 11) is 4.11. The van der Waals surface area contributed by atoms with Gasteiger partial charge < -0.3 is 10.2 Å². The number of hydrogen-bond donors (Lipinski definition) is 1. The van der Waals surface area contributed by atoms with E-state index in [1.165, 1.54) is 25.7 Å². The standard InChI is InChI=1S/C14H29N3/c1-6-15-14(17(4)5)16-13-9-7-12(8-10-13)11(2)3/h11-13H,6-10H2,1-5H3,(H,15,16). The first-order valence-corrected chi connectivity index (χ1v) is 7.02. The number of hydrogen-bond acceptors (Lipinski definition) is 1. The maximum absolute atomic E-state index is 4.50. The molecule has 0 aromatic carbocycles. The lowest BCUT2D eigenvalue weighted by atomic mass is 9.80. The van der Waals surface area contributed by atoms with Gasteiger partial charge in [-0.2, -0.15) is 0 Å². The fourth-order valence-corrected chi connectivity index (χ4v) is 2.58. The Morgan fingerprint density at radius 1 is 1.24 bits per heavy atom. The van der Waals surface area contributed by atoms with Gasteiger partial charge in [-0.15, -0.1) is 0 Å². The summed E-state index contributed by atoms with van der Waals surface area (Å²) in [6, 6.07) is 0.623. The summed E-state index contributed by atoms with van der Waals surface area (Å²) in [6.07, 6.45) is 5.31. The Balaban J connectivity index is 2.41. The van der Waals surface area contributed by atoms with E-state index in [0.717, 1.165) is 24.3 Å². The van der Waals surface area contributed by atoms with E-state index < -0.39 is 0 Å². The van der Waals surface area contributed by atoms with Crippen molar-refractivity contribution >= 4 is 5.96 Å². The molecule has 1 fully saturated rings. The second-order valence-electron chi connectivity index (χ2n) is 5.69. The predicted octanol–water partition coefficient (Wildman–Crippen LogP) is 2.73. The monoisotopic (exact) mass is 239 g/mol. The molecule has 17 heavy (non-hydrogen) atoms. The van der Waals surface area contributed by atoms with Crippen LogP contribution in [0.3, 0.4) is 0 Å². The lowest BCUT2D eigenvalue weighted by molar-refractivity contribution is 0.248. The van der Waals surface area contributed by atoms with E-state index in [2.05, 4.69) is 50.1 Å². The van der Waals surface area contributed by atoms with Crippen LogP contribution in [-0.2, 0) is 0 Å². The number of aliphatic imine (C=N–C) groups is 1. The van der Waals surface area contributed by atoms with Crippen molar-refractivity contribution in [1.29, 1.82) is 0 Å². The van der Waals surface area contributed by atoms with Crippen molar-refractivity contribution < 1.29 is 0 Å². The van der Waals surface area contributed by atoms with Gasteiger partial charge in [0.2, 0.25) is 0 Å². The molecule has 0 aromatic heterocycles. The number of nitrogens with zero attached hydrogens (tertiary/aromatic N) is 2. The van der Waals surface area contributed by atoms with Crippen molar-refractivity contribution in [3.8, 4) is 0 Å². The van der Waals surface area contributed by atoms with Crippen LogP contribution in [0.5, 0.6) is 0 Å². The van der Waals surface area contributed by atoms with Crippen molar-refractivity contribution in [2.75, 3.05) is 20.6 Å². The third-order valence-electron chi connectivity index (χ3n) is 3.78. The van der Waals surface area contributed by atoms with Crippen LogP contribution in [0.25, 0.3) is 0 Å². The van der Waals surface area contributed by atoms with Gasteiger partial charge in [0.25, 0.3) is 0 Å². The molecule has 0 atom stereocenters. The minimum absolute atomic E-state index is 0.623.